The minimum Gasteiger partial charge on any atom is -0.326 e. The first kappa shape index (κ1) is 25.2. The number of para-hydroxylation sites is 1. The van der Waals surface area contributed by atoms with E-state index in [1.165, 1.54) is 37.4 Å². The zero-order valence-corrected chi connectivity index (χ0v) is 20.9. The summed E-state index contributed by atoms with van der Waals surface area (Å²) >= 11 is 5.94. The molecule has 1 unspecified atom stereocenters. The third-order valence-electron chi connectivity index (χ3n) is 5.18. The number of hydrogen-bond donors (Lipinski definition) is 2. The molecular formula is C25H22ClN5O4S. The van der Waals surface area contributed by atoms with E-state index < -0.39 is 21.6 Å². The molecule has 1 amide bonds. The number of benzene rings is 3. The molecule has 4 aromatic rings. The molecule has 36 heavy (non-hydrogen) atoms. The fourth-order valence-corrected chi connectivity index (χ4v) is 4.81. The Morgan fingerprint density at radius 2 is 1.72 bits per heavy atom. The van der Waals surface area contributed by atoms with Gasteiger partial charge in [0.25, 0.3) is 5.56 Å². The SMILES string of the molecule is CC(=O)Nc1ccc(S(=O)(=O)NC(C)c2nc3ccccc3c(=O)n2/N=C/c2ccc(Cl)cc2)cc1. The number of carbonyl (C=O) groups excluding carboxylic acids is 1. The molecule has 0 aliphatic rings. The summed E-state index contributed by atoms with van der Waals surface area (Å²) in [6, 6.07) is 18.4. The lowest BCUT2D eigenvalue weighted by Crippen LogP contribution is -2.32. The van der Waals surface area contributed by atoms with Gasteiger partial charge in [-0.25, -0.2) is 18.1 Å². The van der Waals surface area contributed by atoms with Crippen molar-refractivity contribution in [2.24, 2.45) is 5.10 Å². The molecule has 2 N–H and O–H groups in total. The molecule has 0 fully saturated rings. The van der Waals surface area contributed by atoms with Gasteiger partial charge in [-0.05, 0) is 61.0 Å². The Morgan fingerprint density at radius 1 is 1.06 bits per heavy atom. The molecule has 1 aromatic heterocycles. The predicted molar refractivity (Wildman–Crippen MR) is 140 cm³/mol. The highest BCUT2D eigenvalue weighted by atomic mass is 35.5. The lowest BCUT2D eigenvalue weighted by molar-refractivity contribution is -0.114. The van der Waals surface area contributed by atoms with Gasteiger partial charge in [0.05, 0.1) is 28.1 Å². The third-order valence-corrected chi connectivity index (χ3v) is 6.98. The summed E-state index contributed by atoms with van der Waals surface area (Å²) in [6.45, 7) is 2.94. The van der Waals surface area contributed by atoms with Crippen molar-refractivity contribution in [2.45, 2.75) is 24.8 Å². The molecule has 1 heterocycles. The highest BCUT2D eigenvalue weighted by Crippen LogP contribution is 2.19. The maximum Gasteiger partial charge on any atom is 0.282 e. The second-order valence-electron chi connectivity index (χ2n) is 7.95. The quantitative estimate of drug-likeness (QED) is 0.355. The number of nitrogens with zero attached hydrogens (tertiary/aromatic N) is 3. The Kier molecular flexibility index (Phi) is 7.30. The average Bonchev–Trinajstić information content (AvgIpc) is 2.84. The number of nitrogens with one attached hydrogen (secondary N) is 2. The first-order valence-electron chi connectivity index (χ1n) is 10.9. The van der Waals surface area contributed by atoms with Crippen molar-refractivity contribution in [1.82, 2.24) is 14.4 Å². The molecule has 0 aliphatic carbocycles. The summed E-state index contributed by atoms with van der Waals surface area (Å²) in [4.78, 5) is 29.0. The number of rotatable bonds is 7. The lowest BCUT2D eigenvalue weighted by atomic mass is 10.2. The summed E-state index contributed by atoms with van der Waals surface area (Å²) in [6.07, 6.45) is 1.47. The van der Waals surface area contributed by atoms with Crippen LogP contribution in [0.25, 0.3) is 10.9 Å². The number of fused-ring (bicyclic) bond motifs is 1. The van der Waals surface area contributed by atoms with Crippen LogP contribution in [-0.4, -0.2) is 30.2 Å². The summed E-state index contributed by atoms with van der Waals surface area (Å²) in [7, 11) is -3.99. The third kappa shape index (κ3) is 5.68. The maximum absolute atomic E-state index is 13.3. The van der Waals surface area contributed by atoms with E-state index in [9.17, 15) is 18.0 Å². The predicted octanol–water partition coefficient (Wildman–Crippen LogP) is 3.93. The molecule has 0 bridgehead atoms. The fourth-order valence-electron chi connectivity index (χ4n) is 3.48. The van der Waals surface area contributed by atoms with Crippen molar-refractivity contribution in [3.63, 3.8) is 0 Å². The minimum atomic E-state index is -3.99. The Balaban J connectivity index is 1.71. The van der Waals surface area contributed by atoms with Crippen LogP contribution in [0.5, 0.6) is 0 Å². The van der Waals surface area contributed by atoms with Crippen LogP contribution in [0, 0.1) is 0 Å². The Hall–Kier alpha value is -3.86. The van der Waals surface area contributed by atoms with E-state index in [0.29, 0.717) is 27.2 Å². The van der Waals surface area contributed by atoms with Crippen LogP contribution in [0.4, 0.5) is 5.69 Å². The van der Waals surface area contributed by atoms with Gasteiger partial charge in [0.15, 0.2) is 5.82 Å². The monoisotopic (exact) mass is 523 g/mol. The van der Waals surface area contributed by atoms with Crippen LogP contribution in [0.1, 0.15) is 31.3 Å². The van der Waals surface area contributed by atoms with Crippen molar-refractivity contribution in [3.8, 4) is 0 Å². The summed E-state index contributed by atoms with van der Waals surface area (Å²) in [5.74, 6) is -0.154. The van der Waals surface area contributed by atoms with Gasteiger partial charge in [-0.1, -0.05) is 35.9 Å². The van der Waals surface area contributed by atoms with Crippen LogP contribution >= 0.6 is 11.6 Å². The first-order valence-corrected chi connectivity index (χ1v) is 12.7. The van der Waals surface area contributed by atoms with E-state index in [2.05, 4.69) is 20.1 Å². The second kappa shape index (κ2) is 10.4. The largest absolute Gasteiger partial charge is 0.326 e. The van der Waals surface area contributed by atoms with E-state index in [1.807, 2.05) is 0 Å². The Morgan fingerprint density at radius 3 is 2.39 bits per heavy atom. The average molecular weight is 524 g/mol. The van der Waals surface area contributed by atoms with E-state index in [1.54, 1.807) is 55.5 Å². The minimum absolute atomic E-state index is 0.0113. The molecule has 0 aliphatic heterocycles. The fraction of sp³-hybridized carbons (Fsp3) is 0.120. The van der Waals surface area contributed by atoms with Crippen LogP contribution in [0.2, 0.25) is 5.02 Å². The first-order chi connectivity index (χ1) is 17.1. The van der Waals surface area contributed by atoms with Crippen molar-refractivity contribution < 1.29 is 13.2 Å². The maximum atomic E-state index is 13.3. The number of halogens is 1. The zero-order valence-electron chi connectivity index (χ0n) is 19.3. The normalized spacial score (nSPS) is 12.6. The molecule has 9 nitrogen and oxygen atoms in total. The molecule has 3 aromatic carbocycles. The number of sulfonamides is 1. The van der Waals surface area contributed by atoms with Gasteiger partial charge >= 0.3 is 0 Å². The van der Waals surface area contributed by atoms with Crippen molar-refractivity contribution in [1.29, 1.82) is 0 Å². The van der Waals surface area contributed by atoms with Gasteiger partial charge in [0, 0.05) is 17.6 Å². The van der Waals surface area contributed by atoms with Crippen LogP contribution in [0.3, 0.4) is 0 Å². The smallest absolute Gasteiger partial charge is 0.282 e. The van der Waals surface area contributed by atoms with Gasteiger partial charge in [0.1, 0.15) is 0 Å². The molecule has 184 valence electrons. The molecule has 0 radical (unpaired) electrons. The van der Waals surface area contributed by atoms with Gasteiger partial charge in [0.2, 0.25) is 15.9 Å². The van der Waals surface area contributed by atoms with Crippen LogP contribution in [0.15, 0.2) is 87.6 Å². The van der Waals surface area contributed by atoms with Crippen molar-refractivity contribution in [2.75, 3.05) is 5.32 Å². The van der Waals surface area contributed by atoms with Gasteiger partial charge in [-0.3, -0.25) is 9.59 Å². The van der Waals surface area contributed by atoms with Gasteiger partial charge < -0.3 is 5.32 Å². The molecule has 11 heteroatoms. The lowest BCUT2D eigenvalue weighted by Gasteiger charge is -2.17. The summed E-state index contributed by atoms with van der Waals surface area (Å²) in [5.41, 5.74) is 1.14. The number of amides is 1. The van der Waals surface area contributed by atoms with Crippen LogP contribution in [-0.2, 0) is 14.8 Å². The van der Waals surface area contributed by atoms with Gasteiger partial charge in [-0.2, -0.15) is 9.78 Å². The highest BCUT2D eigenvalue weighted by Gasteiger charge is 2.23. The van der Waals surface area contributed by atoms with E-state index in [4.69, 9.17) is 11.6 Å². The number of aromatic nitrogens is 2. The second-order valence-corrected chi connectivity index (χ2v) is 10.1. The molecule has 4 rings (SSSR count). The van der Waals surface area contributed by atoms with E-state index in [0.717, 1.165) is 4.68 Å². The van der Waals surface area contributed by atoms with Gasteiger partial charge in [-0.15, -0.1) is 0 Å². The molecule has 0 saturated heterocycles. The molecule has 0 spiro atoms. The molecule has 1 atom stereocenters. The molecule has 0 saturated carbocycles. The Labute approximate surface area is 212 Å². The Bertz CT molecular complexity index is 1620. The highest BCUT2D eigenvalue weighted by molar-refractivity contribution is 7.89. The van der Waals surface area contributed by atoms with Crippen molar-refractivity contribution >= 4 is 50.3 Å². The molecular weight excluding hydrogens is 502 g/mol. The number of hydrogen-bond acceptors (Lipinski definition) is 6. The van der Waals surface area contributed by atoms with E-state index in [-0.39, 0.29) is 16.6 Å². The van der Waals surface area contributed by atoms with Crippen LogP contribution < -0.4 is 15.6 Å². The van der Waals surface area contributed by atoms with Crippen molar-refractivity contribution in [3.05, 3.63) is 99.6 Å². The number of carbonyl (C=O) groups is 1. The summed E-state index contributed by atoms with van der Waals surface area (Å²) in [5, 5.41) is 7.81. The zero-order chi connectivity index (χ0) is 25.9. The summed E-state index contributed by atoms with van der Waals surface area (Å²) < 4.78 is 29.8. The topological polar surface area (TPSA) is 123 Å². The number of anilines is 1. The van der Waals surface area contributed by atoms with E-state index >= 15 is 0 Å². The standard InChI is InChI=1S/C25H22ClN5O4S/c1-16(30-36(34,35)21-13-11-20(12-14-21)28-17(2)32)24-29-23-6-4-3-5-22(23)25(33)31(24)27-15-18-7-9-19(26)10-8-18/h3-16,30H,1-2H3,(H,28,32)/b27-15+.